The first-order valence-corrected chi connectivity index (χ1v) is 5.23. The van der Waals surface area contributed by atoms with Gasteiger partial charge in [-0.25, -0.2) is 4.68 Å². The van der Waals surface area contributed by atoms with Gasteiger partial charge in [-0.15, -0.1) is 0 Å². The maximum absolute atomic E-state index is 8.98. The third-order valence-corrected chi connectivity index (χ3v) is 2.69. The van der Waals surface area contributed by atoms with E-state index < -0.39 is 0 Å². The molecule has 0 unspecified atom stereocenters. The Kier molecular flexibility index (Phi) is 2.67. The van der Waals surface area contributed by atoms with Crippen LogP contribution in [0.4, 0.5) is 0 Å². The van der Waals surface area contributed by atoms with E-state index in [2.05, 4.69) is 11.2 Å². The van der Waals surface area contributed by atoms with Crippen LogP contribution in [0.25, 0.3) is 5.69 Å². The molecule has 0 saturated carbocycles. The van der Waals surface area contributed by atoms with E-state index in [0.29, 0.717) is 10.6 Å². The molecule has 0 fully saturated rings. The van der Waals surface area contributed by atoms with Crippen LogP contribution < -0.4 is 0 Å². The molecule has 2 aromatic rings. The van der Waals surface area contributed by atoms with Crippen molar-refractivity contribution in [2.75, 3.05) is 0 Å². The SMILES string of the molecule is Cc1nn(-c2cccc(Cl)c2)c(C)c1C#N. The van der Waals surface area contributed by atoms with Crippen molar-refractivity contribution in [3.63, 3.8) is 0 Å². The lowest BCUT2D eigenvalue weighted by molar-refractivity contribution is 0.833. The van der Waals surface area contributed by atoms with Crippen LogP contribution in [0.15, 0.2) is 24.3 Å². The molecule has 0 aliphatic heterocycles. The minimum atomic E-state index is 0.625. The molecule has 80 valence electrons. The lowest BCUT2D eigenvalue weighted by atomic mass is 10.2. The maximum Gasteiger partial charge on any atom is 0.103 e. The van der Waals surface area contributed by atoms with E-state index in [9.17, 15) is 0 Å². The highest BCUT2D eigenvalue weighted by Crippen LogP contribution is 2.19. The Morgan fingerprint density at radius 2 is 2.12 bits per heavy atom. The van der Waals surface area contributed by atoms with Crippen LogP contribution in [0.5, 0.6) is 0 Å². The second kappa shape index (κ2) is 3.99. The highest BCUT2D eigenvalue weighted by atomic mass is 35.5. The molecule has 16 heavy (non-hydrogen) atoms. The Morgan fingerprint density at radius 3 is 2.69 bits per heavy atom. The van der Waals surface area contributed by atoms with E-state index in [1.165, 1.54) is 0 Å². The normalized spacial score (nSPS) is 10.1. The number of hydrogen-bond acceptors (Lipinski definition) is 2. The highest BCUT2D eigenvalue weighted by molar-refractivity contribution is 6.30. The number of benzene rings is 1. The molecule has 1 aromatic carbocycles. The van der Waals surface area contributed by atoms with Crippen LogP contribution in [0.3, 0.4) is 0 Å². The fourth-order valence-corrected chi connectivity index (χ4v) is 1.85. The summed E-state index contributed by atoms with van der Waals surface area (Å²) in [5.74, 6) is 0. The molecule has 4 heteroatoms. The molecule has 0 aliphatic rings. The molecule has 0 atom stereocenters. The van der Waals surface area contributed by atoms with Gasteiger partial charge in [-0.05, 0) is 32.0 Å². The maximum atomic E-state index is 8.98. The molecule has 0 bridgehead atoms. The summed E-state index contributed by atoms with van der Waals surface area (Å²) >= 11 is 5.92. The van der Waals surface area contributed by atoms with E-state index in [0.717, 1.165) is 17.1 Å². The third-order valence-electron chi connectivity index (χ3n) is 2.46. The number of aryl methyl sites for hydroxylation is 1. The van der Waals surface area contributed by atoms with Gasteiger partial charge in [0.05, 0.1) is 22.6 Å². The van der Waals surface area contributed by atoms with Gasteiger partial charge in [0, 0.05) is 5.02 Å². The van der Waals surface area contributed by atoms with Crippen LogP contribution >= 0.6 is 11.6 Å². The predicted octanol–water partition coefficient (Wildman–Crippen LogP) is 3.01. The van der Waals surface area contributed by atoms with Gasteiger partial charge in [0.1, 0.15) is 6.07 Å². The summed E-state index contributed by atoms with van der Waals surface area (Å²) in [5.41, 5.74) is 3.07. The molecule has 0 aliphatic carbocycles. The predicted molar refractivity (Wildman–Crippen MR) is 62.8 cm³/mol. The monoisotopic (exact) mass is 231 g/mol. The largest absolute Gasteiger partial charge is 0.236 e. The quantitative estimate of drug-likeness (QED) is 0.757. The number of halogens is 1. The molecule has 1 heterocycles. The van der Waals surface area contributed by atoms with Gasteiger partial charge in [-0.3, -0.25) is 0 Å². The van der Waals surface area contributed by atoms with Crippen molar-refractivity contribution in [3.05, 3.63) is 46.2 Å². The Balaban J connectivity index is 2.62. The second-order valence-electron chi connectivity index (χ2n) is 3.55. The molecular formula is C12H10ClN3. The van der Waals surface area contributed by atoms with E-state index in [1.807, 2.05) is 38.1 Å². The summed E-state index contributed by atoms with van der Waals surface area (Å²) in [6.07, 6.45) is 0. The average molecular weight is 232 g/mol. The first-order chi connectivity index (χ1) is 7.63. The van der Waals surface area contributed by atoms with Gasteiger partial charge in [0.2, 0.25) is 0 Å². The lowest BCUT2D eigenvalue weighted by Crippen LogP contribution is -1.98. The summed E-state index contributed by atoms with van der Waals surface area (Å²) in [6.45, 7) is 3.70. The van der Waals surface area contributed by atoms with E-state index in [1.54, 1.807) is 4.68 Å². The van der Waals surface area contributed by atoms with Crippen molar-refractivity contribution in [2.24, 2.45) is 0 Å². The van der Waals surface area contributed by atoms with E-state index >= 15 is 0 Å². The Hall–Kier alpha value is -1.79. The van der Waals surface area contributed by atoms with Gasteiger partial charge >= 0.3 is 0 Å². The molecule has 1 aromatic heterocycles. The van der Waals surface area contributed by atoms with Crippen molar-refractivity contribution in [3.8, 4) is 11.8 Å². The lowest BCUT2D eigenvalue weighted by Gasteiger charge is -2.04. The number of nitriles is 1. The smallest absolute Gasteiger partial charge is 0.103 e. The van der Waals surface area contributed by atoms with Crippen LogP contribution in [0, 0.1) is 25.2 Å². The minimum Gasteiger partial charge on any atom is -0.236 e. The van der Waals surface area contributed by atoms with Gasteiger partial charge in [-0.1, -0.05) is 17.7 Å². The summed E-state index contributed by atoms with van der Waals surface area (Å²) in [6, 6.07) is 9.55. The summed E-state index contributed by atoms with van der Waals surface area (Å²) in [5, 5.41) is 14.0. The molecule has 3 nitrogen and oxygen atoms in total. The first-order valence-electron chi connectivity index (χ1n) is 4.85. The minimum absolute atomic E-state index is 0.625. The summed E-state index contributed by atoms with van der Waals surface area (Å²) < 4.78 is 1.74. The van der Waals surface area contributed by atoms with Crippen molar-refractivity contribution in [1.29, 1.82) is 5.26 Å². The topological polar surface area (TPSA) is 41.6 Å². The molecule has 0 amide bonds. The fraction of sp³-hybridized carbons (Fsp3) is 0.167. The summed E-state index contributed by atoms with van der Waals surface area (Å²) in [7, 11) is 0. The van der Waals surface area contributed by atoms with Crippen molar-refractivity contribution in [2.45, 2.75) is 13.8 Å². The zero-order valence-corrected chi connectivity index (χ0v) is 9.78. The zero-order chi connectivity index (χ0) is 11.7. The molecule has 0 radical (unpaired) electrons. The van der Waals surface area contributed by atoms with E-state index in [-0.39, 0.29) is 0 Å². The van der Waals surface area contributed by atoms with Gasteiger partial charge in [-0.2, -0.15) is 10.4 Å². The third kappa shape index (κ3) is 1.68. The van der Waals surface area contributed by atoms with Crippen LogP contribution in [-0.4, -0.2) is 9.78 Å². The van der Waals surface area contributed by atoms with Crippen LogP contribution in [-0.2, 0) is 0 Å². The van der Waals surface area contributed by atoms with E-state index in [4.69, 9.17) is 16.9 Å². The number of nitrogens with zero attached hydrogens (tertiary/aromatic N) is 3. The Morgan fingerprint density at radius 1 is 1.38 bits per heavy atom. The zero-order valence-electron chi connectivity index (χ0n) is 9.03. The average Bonchev–Trinajstić information content (AvgIpc) is 2.54. The Bertz CT molecular complexity index is 578. The van der Waals surface area contributed by atoms with Crippen molar-refractivity contribution < 1.29 is 0 Å². The van der Waals surface area contributed by atoms with Crippen molar-refractivity contribution >= 4 is 11.6 Å². The number of rotatable bonds is 1. The van der Waals surface area contributed by atoms with Gasteiger partial charge in [0.15, 0.2) is 0 Å². The number of aromatic nitrogens is 2. The van der Waals surface area contributed by atoms with Gasteiger partial charge in [0.25, 0.3) is 0 Å². The fourth-order valence-electron chi connectivity index (χ4n) is 1.66. The first kappa shape index (κ1) is 10.7. The van der Waals surface area contributed by atoms with Gasteiger partial charge < -0.3 is 0 Å². The highest BCUT2D eigenvalue weighted by Gasteiger charge is 2.11. The summed E-state index contributed by atoms with van der Waals surface area (Å²) in [4.78, 5) is 0. The van der Waals surface area contributed by atoms with Crippen LogP contribution in [0.2, 0.25) is 5.02 Å². The Labute approximate surface area is 98.9 Å². The van der Waals surface area contributed by atoms with Crippen molar-refractivity contribution in [1.82, 2.24) is 9.78 Å². The molecule has 0 spiro atoms. The molecular weight excluding hydrogens is 222 g/mol. The molecule has 0 saturated heterocycles. The van der Waals surface area contributed by atoms with Crippen LogP contribution in [0.1, 0.15) is 17.0 Å². The number of hydrogen-bond donors (Lipinski definition) is 0. The standard InChI is InChI=1S/C12H10ClN3/c1-8-12(7-14)9(2)16(15-8)11-5-3-4-10(13)6-11/h3-6H,1-2H3. The molecule has 0 N–H and O–H groups in total. The molecule has 2 rings (SSSR count). The second-order valence-corrected chi connectivity index (χ2v) is 3.99.